The number of nitrogens with zero attached hydrogens (tertiary/aromatic N) is 1. The number of carbonyl (C=O) groups is 2. The van der Waals surface area contributed by atoms with E-state index in [-0.39, 0.29) is 11.6 Å². The third kappa shape index (κ3) is 2.99. The summed E-state index contributed by atoms with van der Waals surface area (Å²) in [6.07, 6.45) is 1.62. The minimum absolute atomic E-state index is 0.259. The first-order chi connectivity index (χ1) is 10.1. The molecule has 1 saturated heterocycles. The molecule has 1 aromatic carbocycles. The van der Waals surface area contributed by atoms with Gasteiger partial charge in [-0.25, -0.2) is 4.79 Å². The topological polar surface area (TPSA) is 67.9 Å². The van der Waals surface area contributed by atoms with Crippen LogP contribution in [0.1, 0.15) is 19.4 Å². The number of methoxy groups -OCH3 is 1. The summed E-state index contributed by atoms with van der Waals surface area (Å²) in [6.45, 7) is 4.48. The lowest BCUT2D eigenvalue weighted by Gasteiger charge is -2.10. The van der Waals surface area contributed by atoms with Crippen molar-refractivity contribution in [2.45, 2.75) is 13.8 Å². The van der Waals surface area contributed by atoms with E-state index in [1.54, 1.807) is 38.3 Å². The highest BCUT2D eigenvalue weighted by atomic mass is 16.5. The highest BCUT2D eigenvalue weighted by Crippen LogP contribution is 2.29. The number of urea groups is 1. The quantitative estimate of drug-likeness (QED) is 0.665. The second-order valence-corrected chi connectivity index (χ2v) is 4.38. The van der Waals surface area contributed by atoms with E-state index in [9.17, 15) is 9.59 Å². The summed E-state index contributed by atoms with van der Waals surface area (Å²) in [5, 5.41) is 2.56. The van der Waals surface area contributed by atoms with Gasteiger partial charge < -0.3 is 14.8 Å². The Morgan fingerprint density at radius 3 is 2.57 bits per heavy atom. The number of hydrogen-bond donors (Lipinski definition) is 1. The summed E-state index contributed by atoms with van der Waals surface area (Å²) in [5.74, 6) is 0.894. The van der Waals surface area contributed by atoms with Gasteiger partial charge in [-0.3, -0.25) is 9.69 Å². The van der Waals surface area contributed by atoms with Crippen LogP contribution >= 0.6 is 0 Å². The summed E-state index contributed by atoms with van der Waals surface area (Å²) in [5.41, 5.74) is 1.01. The van der Waals surface area contributed by atoms with Gasteiger partial charge in [0.05, 0.1) is 13.7 Å². The smallest absolute Gasteiger partial charge is 0.328 e. The van der Waals surface area contributed by atoms with Crippen LogP contribution in [0, 0.1) is 0 Å². The molecule has 0 bridgehead atoms. The molecule has 0 aliphatic carbocycles. The molecule has 1 aliphatic heterocycles. The van der Waals surface area contributed by atoms with Crippen molar-refractivity contribution in [1.29, 1.82) is 0 Å². The number of amides is 3. The molecule has 21 heavy (non-hydrogen) atoms. The fraction of sp³-hybridized carbons (Fsp3) is 0.333. The number of ether oxygens (including phenoxy) is 2. The van der Waals surface area contributed by atoms with Gasteiger partial charge in [0.2, 0.25) is 0 Å². The molecular weight excluding hydrogens is 272 g/mol. The van der Waals surface area contributed by atoms with Crippen molar-refractivity contribution < 1.29 is 19.1 Å². The van der Waals surface area contributed by atoms with E-state index >= 15 is 0 Å². The van der Waals surface area contributed by atoms with Crippen LogP contribution in [0.3, 0.4) is 0 Å². The highest BCUT2D eigenvalue weighted by molar-refractivity contribution is 6.13. The van der Waals surface area contributed by atoms with Crippen molar-refractivity contribution in [3.8, 4) is 11.5 Å². The number of carbonyl (C=O) groups excluding carboxylic acids is 2. The van der Waals surface area contributed by atoms with Crippen LogP contribution in [0.2, 0.25) is 0 Å². The number of likely N-dealkylation sites (N-methyl/N-ethyl adjacent to an activating group) is 1. The van der Waals surface area contributed by atoms with Crippen molar-refractivity contribution in [3.63, 3.8) is 0 Å². The largest absolute Gasteiger partial charge is 0.493 e. The Hall–Kier alpha value is -2.50. The summed E-state index contributed by atoms with van der Waals surface area (Å²) < 4.78 is 10.7. The number of nitrogens with one attached hydrogen (secondary N) is 1. The minimum atomic E-state index is -0.396. The zero-order valence-electron chi connectivity index (χ0n) is 12.3. The van der Waals surface area contributed by atoms with E-state index in [1.807, 2.05) is 6.92 Å². The third-order valence-electron chi connectivity index (χ3n) is 3.08. The Labute approximate surface area is 123 Å². The normalized spacial score (nSPS) is 16.3. The molecule has 0 aromatic heterocycles. The molecule has 6 nitrogen and oxygen atoms in total. The maximum atomic E-state index is 12.0. The predicted octanol–water partition coefficient (Wildman–Crippen LogP) is 2.01. The fourth-order valence-electron chi connectivity index (χ4n) is 2.08. The van der Waals surface area contributed by atoms with Gasteiger partial charge in [-0.15, -0.1) is 0 Å². The van der Waals surface area contributed by atoms with Crippen LogP contribution in [0.4, 0.5) is 4.79 Å². The fourth-order valence-corrected chi connectivity index (χ4v) is 2.08. The highest BCUT2D eigenvalue weighted by Gasteiger charge is 2.31. The van der Waals surface area contributed by atoms with Gasteiger partial charge >= 0.3 is 6.03 Å². The SMILES string of the molecule is CCOc1cc(/C=C2/NC(=O)N(CC)C2=O)ccc1OC. The molecule has 112 valence electrons. The summed E-state index contributed by atoms with van der Waals surface area (Å²) in [7, 11) is 1.57. The van der Waals surface area contributed by atoms with Crippen LogP contribution in [0.25, 0.3) is 6.08 Å². The van der Waals surface area contributed by atoms with Crippen LogP contribution in [0.5, 0.6) is 11.5 Å². The summed E-state index contributed by atoms with van der Waals surface area (Å²) in [4.78, 5) is 24.7. The molecule has 1 heterocycles. The van der Waals surface area contributed by atoms with Gasteiger partial charge in [0, 0.05) is 6.54 Å². The first kappa shape index (κ1) is 14.9. The number of rotatable bonds is 5. The molecule has 0 radical (unpaired) electrons. The van der Waals surface area contributed by atoms with E-state index in [4.69, 9.17) is 9.47 Å². The molecule has 0 saturated carbocycles. The zero-order valence-corrected chi connectivity index (χ0v) is 12.3. The number of hydrogen-bond acceptors (Lipinski definition) is 4. The molecule has 0 spiro atoms. The Morgan fingerprint density at radius 2 is 2.00 bits per heavy atom. The van der Waals surface area contributed by atoms with Crippen LogP contribution < -0.4 is 14.8 Å². The Balaban J connectivity index is 2.31. The van der Waals surface area contributed by atoms with Crippen molar-refractivity contribution in [2.75, 3.05) is 20.3 Å². The van der Waals surface area contributed by atoms with Gasteiger partial charge in [-0.05, 0) is 37.6 Å². The average molecular weight is 290 g/mol. The maximum Gasteiger partial charge on any atom is 0.328 e. The molecule has 1 aliphatic rings. The molecule has 0 atom stereocenters. The first-order valence-electron chi connectivity index (χ1n) is 6.76. The molecule has 1 fully saturated rings. The lowest BCUT2D eigenvalue weighted by molar-refractivity contribution is -0.122. The Bertz CT molecular complexity index is 595. The molecule has 3 amide bonds. The van der Waals surface area contributed by atoms with E-state index in [1.165, 1.54) is 0 Å². The van der Waals surface area contributed by atoms with Gasteiger partial charge in [-0.1, -0.05) is 6.07 Å². The summed E-state index contributed by atoms with van der Waals surface area (Å²) in [6, 6.07) is 4.93. The number of imide groups is 1. The third-order valence-corrected chi connectivity index (χ3v) is 3.08. The second-order valence-electron chi connectivity index (χ2n) is 4.38. The summed E-state index contributed by atoms with van der Waals surface area (Å²) >= 11 is 0. The van der Waals surface area contributed by atoms with Gasteiger partial charge in [0.25, 0.3) is 5.91 Å². The van der Waals surface area contributed by atoms with Crippen molar-refractivity contribution in [1.82, 2.24) is 10.2 Å². The monoisotopic (exact) mass is 290 g/mol. The average Bonchev–Trinajstić information content (AvgIpc) is 2.73. The lowest BCUT2D eigenvalue weighted by atomic mass is 10.1. The molecule has 1 aromatic rings. The van der Waals surface area contributed by atoms with Gasteiger partial charge in [0.1, 0.15) is 5.70 Å². The van der Waals surface area contributed by atoms with E-state index in [0.29, 0.717) is 24.7 Å². The second kappa shape index (κ2) is 6.30. The molecule has 1 N–H and O–H groups in total. The molecule has 2 rings (SSSR count). The molecule has 6 heteroatoms. The van der Waals surface area contributed by atoms with E-state index in [0.717, 1.165) is 10.5 Å². The van der Waals surface area contributed by atoms with Crippen molar-refractivity contribution in [2.24, 2.45) is 0 Å². The lowest BCUT2D eigenvalue weighted by Crippen LogP contribution is -2.30. The van der Waals surface area contributed by atoms with Crippen LogP contribution in [-0.2, 0) is 4.79 Å². The number of benzene rings is 1. The molecule has 0 unspecified atom stereocenters. The van der Waals surface area contributed by atoms with E-state index < -0.39 is 6.03 Å². The van der Waals surface area contributed by atoms with Crippen LogP contribution in [0.15, 0.2) is 23.9 Å². The predicted molar refractivity (Wildman–Crippen MR) is 78.1 cm³/mol. The van der Waals surface area contributed by atoms with Crippen molar-refractivity contribution in [3.05, 3.63) is 29.5 Å². The first-order valence-corrected chi connectivity index (χ1v) is 6.76. The Morgan fingerprint density at radius 1 is 1.24 bits per heavy atom. The molecular formula is C15H18N2O4. The van der Waals surface area contributed by atoms with E-state index in [2.05, 4.69) is 5.32 Å². The minimum Gasteiger partial charge on any atom is -0.493 e. The van der Waals surface area contributed by atoms with Crippen molar-refractivity contribution >= 4 is 18.0 Å². The van der Waals surface area contributed by atoms with Gasteiger partial charge in [-0.2, -0.15) is 0 Å². The maximum absolute atomic E-state index is 12.0. The Kier molecular flexibility index (Phi) is 4.47. The standard InChI is InChI=1S/C15H18N2O4/c1-4-17-14(18)11(16-15(17)19)8-10-6-7-12(20-3)13(9-10)21-5-2/h6-9H,4-5H2,1-3H3,(H,16,19)/b11-8+. The van der Waals surface area contributed by atoms with Gasteiger partial charge in [0.15, 0.2) is 11.5 Å². The van der Waals surface area contributed by atoms with Crippen LogP contribution in [-0.4, -0.2) is 37.1 Å². The zero-order chi connectivity index (χ0) is 15.4.